The fraction of sp³-hybridized carbons (Fsp3) is 0.259. The van der Waals surface area contributed by atoms with Crippen LogP contribution in [0.3, 0.4) is 0 Å². The Morgan fingerprint density at radius 2 is 1.81 bits per heavy atom. The highest BCUT2D eigenvalue weighted by atomic mass is 19.1. The quantitative estimate of drug-likeness (QED) is 0.347. The van der Waals surface area contributed by atoms with Crippen molar-refractivity contribution >= 4 is 11.9 Å². The number of benzene rings is 2. The summed E-state index contributed by atoms with van der Waals surface area (Å²) in [7, 11) is 1.74. The average molecular weight is 503 g/mol. The lowest BCUT2D eigenvalue weighted by molar-refractivity contribution is -0.231. The second-order valence-electron chi connectivity index (χ2n) is 9.18. The minimum absolute atomic E-state index is 0.144. The van der Waals surface area contributed by atoms with E-state index in [0.29, 0.717) is 59.7 Å². The summed E-state index contributed by atoms with van der Waals surface area (Å²) in [4.78, 5) is 29.2. The lowest BCUT2D eigenvalue weighted by Gasteiger charge is -2.36. The van der Waals surface area contributed by atoms with Crippen LogP contribution in [-0.4, -0.2) is 52.6 Å². The van der Waals surface area contributed by atoms with Crippen LogP contribution in [0, 0.1) is 11.2 Å². The van der Waals surface area contributed by atoms with Crippen LogP contribution in [0.15, 0.2) is 66.9 Å². The third-order valence-corrected chi connectivity index (χ3v) is 6.08. The van der Waals surface area contributed by atoms with Crippen LogP contribution in [0.2, 0.25) is 0 Å². The second kappa shape index (κ2) is 10.5. The number of aromatic nitrogens is 4. The number of imidazole rings is 1. The molecule has 0 bridgehead atoms. The van der Waals surface area contributed by atoms with Crippen molar-refractivity contribution < 1.29 is 18.7 Å². The van der Waals surface area contributed by atoms with E-state index in [1.54, 1.807) is 43.6 Å². The van der Waals surface area contributed by atoms with Gasteiger partial charge in [-0.25, -0.2) is 19.3 Å². The minimum Gasteiger partial charge on any atom is -0.357 e. The van der Waals surface area contributed by atoms with Gasteiger partial charge in [-0.15, -0.1) is 0 Å². The first kappa shape index (κ1) is 24.5. The molecule has 0 aliphatic carbocycles. The van der Waals surface area contributed by atoms with Crippen LogP contribution < -0.4 is 10.6 Å². The highest BCUT2D eigenvalue weighted by Gasteiger charge is 2.35. The van der Waals surface area contributed by atoms with Crippen molar-refractivity contribution in [2.75, 3.05) is 32.1 Å². The highest BCUT2D eigenvalue weighted by Crippen LogP contribution is 2.35. The van der Waals surface area contributed by atoms with Crippen molar-refractivity contribution in [3.8, 4) is 22.6 Å². The molecule has 5 rings (SSSR count). The maximum absolute atomic E-state index is 13.6. The molecule has 9 nitrogen and oxygen atoms in total. The van der Waals surface area contributed by atoms with Gasteiger partial charge in [0, 0.05) is 36.3 Å². The molecule has 2 aromatic carbocycles. The minimum atomic E-state index is -0.739. The van der Waals surface area contributed by atoms with Crippen LogP contribution in [0.4, 0.5) is 10.3 Å². The Labute approximate surface area is 213 Å². The number of anilines is 1. The van der Waals surface area contributed by atoms with Crippen molar-refractivity contribution in [2.24, 2.45) is 5.41 Å². The van der Waals surface area contributed by atoms with Crippen LogP contribution in [-0.2, 0) is 9.47 Å². The fourth-order valence-electron chi connectivity index (χ4n) is 4.01. The van der Waals surface area contributed by atoms with Gasteiger partial charge < -0.3 is 25.1 Å². The molecule has 1 saturated heterocycles. The lowest BCUT2D eigenvalue weighted by atomic mass is 9.92. The van der Waals surface area contributed by atoms with Gasteiger partial charge in [0.25, 0.3) is 5.91 Å². The van der Waals surface area contributed by atoms with E-state index in [0.717, 1.165) is 0 Å². The molecule has 2 aromatic heterocycles. The number of halogens is 1. The number of nitrogens with zero attached hydrogens (tertiary/aromatic N) is 3. The predicted octanol–water partition coefficient (Wildman–Crippen LogP) is 4.20. The van der Waals surface area contributed by atoms with E-state index in [1.807, 2.05) is 25.1 Å². The topological polar surface area (TPSA) is 114 Å². The smallest absolute Gasteiger partial charge is 0.251 e. The number of nitrogens with one attached hydrogen (secondary N) is 3. The van der Waals surface area contributed by atoms with E-state index >= 15 is 0 Å². The third-order valence-electron chi connectivity index (χ3n) is 6.08. The van der Waals surface area contributed by atoms with E-state index in [9.17, 15) is 9.18 Å². The van der Waals surface area contributed by atoms with Gasteiger partial charge in [0.1, 0.15) is 5.82 Å². The summed E-state index contributed by atoms with van der Waals surface area (Å²) in [6.45, 7) is 3.09. The lowest BCUT2D eigenvalue weighted by Crippen LogP contribution is -2.45. The number of hydrogen-bond acceptors (Lipinski definition) is 7. The molecule has 0 spiro atoms. The summed E-state index contributed by atoms with van der Waals surface area (Å²) in [5.41, 5.74) is 2.74. The summed E-state index contributed by atoms with van der Waals surface area (Å²) in [5.74, 6) is 0.444. The molecule has 190 valence electrons. The first-order chi connectivity index (χ1) is 17.9. The molecule has 4 aromatic rings. The van der Waals surface area contributed by atoms with Crippen molar-refractivity contribution in [3.63, 3.8) is 0 Å². The zero-order valence-corrected chi connectivity index (χ0v) is 20.5. The maximum atomic E-state index is 13.6. The fourth-order valence-corrected chi connectivity index (χ4v) is 4.01. The van der Waals surface area contributed by atoms with E-state index in [-0.39, 0.29) is 11.7 Å². The number of H-pyrrole nitrogens is 1. The van der Waals surface area contributed by atoms with Gasteiger partial charge in [0.2, 0.25) is 12.2 Å². The Bertz CT molecular complexity index is 1370. The highest BCUT2D eigenvalue weighted by molar-refractivity contribution is 5.94. The van der Waals surface area contributed by atoms with Gasteiger partial charge in [-0.1, -0.05) is 25.1 Å². The molecule has 0 unspecified atom stereocenters. The maximum Gasteiger partial charge on any atom is 0.251 e. The Balaban J connectivity index is 1.34. The average Bonchev–Trinajstić information content (AvgIpc) is 3.38. The molecule has 37 heavy (non-hydrogen) atoms. The van der Waals surface area contributed by atoms with Crippen molar-refractivity contribution in [1.29, 1.82) is 0 Å². The van der Waals surface area contributed by atoms with Gasteiger partial charge in [-0.2, -0.15) is 0 Å². The molecule has 1 aliphatic heterocycles. The number of hydrogen-bond donors (Lipinski definition) is 3. The zero-order valence-electron chi connectivity index (χ0n) is 20.5. The van der Waals surface area contributed by atoms with E-state index in [1.165, 1.54) is 12.1 Å². The van der Waals surface area contributed by atoms with Gasteiger partial charge in [-0.3, -0.25) is 4.79 Å². The summed E-state index contributed by atoms with van der Waals surface area (Å²) in [6, 6.07) is 16.9. The van der Waals surface area contributed by atoms with E-state index in [2.05, 4.69) is 25.6 Å². The van der Waals surface area contributed by atoms with Gasteiger partial charge in [0.15, 0.2) is 5.82 Å². The number of rotatable bonds is 7. The molecule has 3 N–H and O–H groups in total. The zero-order chi connectivity index (χ0) is 25.8. The molecule has 3 heterocycles. The largest absolute Gasteiger partial charge is 0.357 e. The Kier molecular flexibility index (Phi) is 6.93. The summed E-state index contributed by atoms with van der Waals surface area (Å²) >= 11 is 0. The Morgan fingerprint density at radius 1 is 1.08 bits per heavy atom. The number of ether oxygens (including phenoxy) is 2. The predicted molar refractivity (Wildman–Crippen MR) is 136 cm³/mol. The molecule has 1 aliphatic rings. The van der Waals surface area contributed by atoms with Crippen LogP contribution >= 0.6 is 0 Å². The molecular weight excluding hydrogens is 475 g/mol. The summed E-state index contributed by atoms with van der Waals surface area (Å²) < 4.78 is 25.7. The van der Waals surface area contributed by atoms with Gasteiger partial charge >= 0.3 is 0 Å². The Morgan fingerprint density at radius 3 is 2.51 bits per heavy atom. The van der Waals surface area contributed by atoms with Crippen molar-refractivity contribution in [2.45, 2.75) is 13.2 Å². The van der Waals surface area contributed by atoms with Crippen molar-refractivity contribution in [3.05, 3.63) is 84.1 Å². The van der Waals surface area contributed by atoms with Crippen LogP contribution in [0.1, 0.15) is 29.4 Å². The van der Waals surface area contributed by atoms with Gasteiger partial charge in [0.05, 0.1) is 30.3 Å². The standard InChI is InChI=1S/C27H27FN6O3/c1-27(14-31-24(35)18-6-4-3-5-7-18)15-36-25(37-16-27)23-33-21(17-8-10-19(28)11-9-17)22(34-23)20-12-13-30-26(29-2)32-20/h3-13,25H,14-16H2,1-2H3,(H,31,35)(H,33,34)(H,29,30,32). The monoisotopic (exact) mass is 502 g/mol. The number of aromatic amines is 1. The van der Waals surface area contributed by atoms with Crippen LogP contribution in [0.5, 0.6) is 0 Å². The summed E-state index contributed by atoms with van der Waals surface area (Å²) in [5, 5.41) is 5.89. The number of amides is 1. The molecule has 10 heteroatoms. The molecule has 1 fully saturated rings. The number of carbonyl (C=O) groups excluding carboxylic acids is 1. The van der Waals surface area contributed by atoms with Crippen LogP contribution in [0.25, 0.3) is 22.6 Å². The second-order valence-corrected chi connectivity index (χ2v) is 9.18. The van der Waals surface area contributed by atoms with E-state index < -0.39 is 11.7 Å². The SMILES string of the molecule is CNc1nccc(-c2[nH]c(C3OCC(C)(CNC(=O)c4ccccc4)CO3)nc2-c2ccc(F)cc2)n1. The first-order valence-electron chi connectivity index (χ1n) is 11.9. The molecular formula is C27H27FN6O3. The van der Waals surface area contributed by atoms with Crippen molar-refractivity contribution in [1.82, 2.24) is 25.3 Å². The first-order valence-corrected chi connectivity index (χ1v) is 11.9. The van der Waals surface area contributed by atoms with Gasteiger partial charge in [-0.05, 0) is 42.5 Å². The summed E-state index contributed by atoms with van der Waals surface area (Å²) in [6.07, 6.45) is 0.905. The number of carbonyl (C=O) groups is 1. The molecule has 0 radical (unpaired) electrons. The Hall–Kier alpha value is -4.15. The normalized spacial score (nSPS) is 19.4. The molecule has 1 amide bonds. The third kappa shape index (κ3) is 5.50. The van der Waals surface area contributed by atoms with E-state index in [4.69, 9.17) is 14.5 Å². The molecule has 0 atom stereocenters. The molecule has 0 saturated carbocycles.